The molecule has 1 aliphatic rings. The Morgan fingerprint density at radius 3 is 2.42 bits per heavy atom. The van der Waals surface area contributed by atoms with Crippen LogP contribution in [0.2, 0.25) is 0 Å². The Labute approximate surface area is 210 Å². The lowest BCUT2D eigenvalue weighted by atomic mass is 9.95. The van der Waals surface area contributed by atoms with Gasteiger partial charge in [-0.3, -0.25) is 9.36 Å². The third-order valence-electron chi connectivity index (χ3n) is 5.68. The standard InChI is InChI=1S/C26H24N2O7S/c1-5-35-25(32)21-14(2)27-26-28(22(21)17-10-11-18(33-3)19(13-17)34-4)23(29)20(36-26)12-15-6-8-16(9-7-15)24(30)31/h6-13,22H,5H2,1-4H3,(H,30,31)/p-1/b20-12-/t22-/m0/s1. The molecule has 0 spiro atoms. The summed E-state index contributed by atoms with van der Waals surface area (Å²) in [5, 5.41) is 11.0. The monoisotopic (exact) mass is 507 g/mol. The molecule has 1 aliphatic heterocycles. The lowest BCUT2D eigenvalue weighted by molar-refractivity contribution is -0.255. The van der Waals surface area contributed by atoms with Gasteiger partial charge in [-0.05, 0) is 48.7 Å². The van der Waals surface area contributed by atoms with Crippen LogP contribution >= 0.6 is 11.3 Å². The van der Waals surface area contributed by atoms with Crippen molar-refractivity contribution in [1.29, 1.82) is 0 Å². The molecule has 0 saturated heterocycles. The van der Waals surface area contributed by atoms with Crippen LogP contribution < -0.4 is 29.5 Å². The highest BCUT2D eigenvalue weighted by atomic mass is 32.1. The van der Waals surface area contributed by atoms with E-state index >= 15 is 0 Å². The molecule has 2 aromatic carbocycles. The Kier molecular flexibility index (Phi) is 7.07. The van der Waals surface area contributed by atoms with Crippen molar-refractivity contribution in [2.75, 3.05) is 20.8 Å². The third kappa shape index (κ3) is 4.55. The molecule has 2 heterocycles. The maximum atomic E-state index is 13.6. The van der Waals surface area contributed by atoms with Crippen LogP contribution in [0.5, 0.6) is 11.5 Å². The number of aromatic nitrogens is 1. The number of fused-ring (bicyclic) bond motifs is 1. The van der Waals surface area contributed by atoms with Crippen LogP contribution in [0, 0.1) is 0 Å². The highest BCUT2D eigenvalue weighted by Gasteiger charge is 2.33. The normalized spacial score (nSPS) is 15.2. The van der Waals surface area contributed by atoms with Gasteiger partial charge in [0.2, 0.25) is 0 Å². The van der Waals surface area contributed by atoms with Gasteiger partial charge in [-0.1, -0.05) is 41.7 Å². The lowest BCUT2D eigenvalue weighted by Crippen LogP contribution is -2.40. The van der Waals surface area contributed by atoms with Crippen LogP contribution in [0.3, 0.4) is 0 Å². The van der Waals surface area contributed by atoms with Gasteiger partial charge in [-0.25, -0.2) is 9.79 Å². The first-order chi connectivity index (χ1) is 17.3. The summed E-state index contributed by atoms with van der Waals surface area (Å²) in [6, 6.07) is 10.4. The molecule has 36 heavy (non-hydrogen) atoms. The molecule has 3 aromatic rings. The van der Waals surface area contributed by atoms with E-state index < -0.39 is 18.0 Å². The van der Waals surface area contributed by atoms with E-state index in [4.69, 9.17) is 14.2 Å². The fourth-order valence-corrected chi connectivity index (χ4v) is 5.04. The molecule has 0 saturated carbocycles. The summed E-state index contributed by atoms with van der Waals surface area (Å²) in [6.07, 6.45) is 1.65. The fourth-order valence-electron chi connectivity index (χ4n) is 4.00. The van der Waals surface area contributed by atoms with E-state index in [1.165, 1.54) is 42.3 Å². The van der Waals surface area contributed by atoms with E-state index in [1.807, 2.05) is 0 Å². The minimum Gasteiger partial charge on any atom is -0.545 e. The SMILES string of the molecule is CCOC(=O)C1=C(C)N=c2s/c(=C\c3ccc(C(=O)[O-])cc3)c(=O)n2[C@H]1c1ccc(OC)c(OC)c1. The Hall–Kier alpha value is -4.18. The smallest absolute Gasteiger partial charge is 0.338 e. The molecule has 186 valence electrons. The molecule has 0 bridgehead atoms. The number of esters is 1. The molecule has 0 N–H and O–H groups in total. The molecule has 0 unspecified atom stereocenters. The summed E-state index contributed by atoms with van der Waals surface area (Å²) in [6.45, 7) is 3.58. The number of hydrogen-bond acceptors (Lipinski definition) is 9. The highest BCUT2D eigenvalue weighted by Crippen LogP contribution is 2.36. The van der Waals surface area contributed by atoms with Crippen molar-refractivity contribution < 1.29 is 28.9 Å². The predicted octanol–water partition coefficient (Wildman–Crippen LogP) is 1.18. The molecular formula is C26H23N2O7S-. The van der Waals surface area contributed by atoms with E-state index in [9.17, 15) is 19.5 Å². The van der Waals surface area contributed by atoms with E-state index in [2.05, 4.69) is 4.99 Å². The van der Waals surface area contributed by atoms with E-state index in [1.54, 1.807) is 50.3 Å². The lowest BCUT2D eigenvalue weighted by Gasteiger charge is -2.25. The summed E-state index contributed by atoms with van der Waals surface area (Å²) >= 11 is 1.17. The van der Waals surface area contributed by atoms with Crippen molar-refractivity contribution in [2.45, 2.75) is 19.9 Å². The summed E-state index contributed by atoms with van der Waals surface area (Å²) in [5.74, 6) is -0.890. The topological polar surface area (TPSA) is 119 Å². The highest BCUT2D eigenvalue weighted by molar-refractivity contribution is 7.07. The van der Waals surface area contributed by atoms with Crippen molar-refractivity contribution in [1.82, 2.24) is 4.57 Å². The molecule has 0 aliphatic carbocycles. The number of hydrogen-bond donors (Lipinski definition) is 0. The number of aromatic carboxylic acids is 1. The molecule has 0 amide bonds. The Balaban J connectivity index is 1.93. The summed E-state index contributed by atoms with van der Waals surface area (Å²) in [5.41, 5.74) is 1.64. The Morgan fingerprint density at radius 1 is 1.11 bits per heavy atom. The maximum absolute atomic E-state index is 13.6. The van der Waals surface area contributed by atoms with Crippen molar-refractivity contribution in [3.05, 3.63) is 90.1 Å². The minimum absolute atomic E-state index is 0.0387. The molecule has 0 radical (unpaired) electrons. The number of benzene rings is 2. The van der Waals surface area contributed by atoms with E-state index in [0.29, 0.717) is 37.7 Å². The van der Waals surface area contributed by atoms with Gasteiger partial charge in [-0.2, -0.15) is 0 Å². The van der Waals surface area contributed by atoms with E-state index in [0.717, 1.165) is 0 Å². The van der Waals surface area contributed by atoms with Gasteiger partial charge in [0.05, 0.1) is 48.6 Å². The second-order valence-electron chi connectivity index (χ2n) is 7.83. The largest absolute Gasteiger partial charge is 0.545 e. The van der Waals surface area contributed by atoms with Crippen LogP contribution in [-0.2, 0) is 9.53 Å². The number of carbonyl (C=O) groups excluding carboxylic acids is 2. The zero-order valence-corrected chi connectivity index (χ0v) is 20.9. The average Bonchev–Trinajstić information content (AvgIpc) is 3.17. The molecule has 9 nitrogen and oxygen atoms in total. The summed E-state index contributed by atoms with van der Waals surface area (Å²) < 4.78 is 17.9. The fraction of sp³-hybridized carbons (Fsp3) is 0.231. The van der Waals surface area contributed by atoms with Gasteiger partial charge < -0.3 is 24.1 Å². The number of rotatable bonds is 7. The van der Waals surface area contributed by atoms with Gasteiger partial charge >= 0.3 is 5.97 Å². The third-order valence-corrected chi connectivity index (χ3v) is 6.67. The number of ether oxygens (including phenoxy) is 3. The molecule has 1 atom stereocenters. The second kappa shape index (κ2) is 10.2. The summed E-state index contributed by atoms with van der Waals surface area (Å²) in [4.78, 5) is 42.6. The molecule has 0 fully saturated rings. The van der Waals surface area contributed by atoms with Gasteiger partial charge in [0, 0.05) is 0 Å². The molecular weight excluding hydrogens is 484 g/mol. The summed E-state index contributed by atoms with van der Waals surface area (Å²) in [7, 11) is 3.03. The number of thiazole rings is 1. The number of methoxy groups -OCH3 is 2. The van der Waals surface area contributed by atoms with Gasteiger partial charge in [0.15, 0.2) is 16.3 Å². The number of carbonyl (C=O) groups is 2. The Bertz CT molecular complexity index is 1550. The quantitative estimate of drug-likeness (QED) is 0.441. The zero-order valence-electron chi connectivity index (χ0n) is 20.1. The van der Waals surface area contributed by atoms with Crippen LogP contribution in [0.4, 0.5) is 0 Å². The molecule has 4 rings (SSSR count). The first kappa shape index (κ1) is 24.9. The van der Waals surface area contributed by atoms with Crippen molar-refractivity contribution in [3.63, 3.8) is 0 Å². The zero-order chi connectivity index (χ0) is 26.0. The van der Waals surface area contributed by atoms with Crippen molar-refractivity contribution >= 4 is 29.4 Å². The van der Waals surface area contributed by atoms with Gasteiger partial charge in [-0.15, -0.1) is 0 Å². The van der Waals surface area contributed by atoms with Crippen molar-refractivity contribution in [3.8, 4) is 11.5 Å². The van der Waals surface area contributed by atoms with Crippen LogP contribution in [0.1, 0.15) is 41.4 Å². The Morgan fingerprint density at radius 2 is 1.81 bits per heavy atom. The van der Waals surface area contributed by atoms with Crippen LogP contribution in [0.15, 0.2) is 63.5 Å². The first-order valence-corrected chi connectivity index (χ1v) is 11.8. The molecule has 1 aromatic heterocycles. The van der Waals surface area contributed by atoms with Crippen molar-refractivity contribution in [2.24, 2.45) is 4.99 Å². The minimum atomic E-state index is -1.28. The van der Waals surface area contributed by atoms with Gasteiger partial charge in [0.25, 0.3) is 5.56 Å². The maximum Gasteiger partial charge on any atom is 0.338 e. The van der Waals surface area contributed by atoms with Crippen LogP contribution in [-0.4, -0.2) is 37.3 Å². The number of allylic oxidation sites excluding steroid dienone is 1. The predicted molar refractivity (Wildman–Crippen MR) is 131 cm³/mol. The number of nitrogens with zero attached hydrogens (tertiary/aromatic N) is 2. The second-order valence-corrected chi connectivity index (χ2v) is 8.84. The van der Waals surface area contributed by atoms with Crippen LogP contribution in [0.25, 0.3) is 6.08 Å². The van der Waals surface area contributed by atoms with E-state index in [-0.39, 0.29) is 23.3 Å². The number of carboxylic acids is 1. The first-order valence-electron chi connectivity index (χ1n) is 11.0. The van der Waals surface area contributed by atoms with Gasteiger partial charge in [0.1, 0.15) is 0 Å². The number of carboxylic acid groups (broad SMARTS) is 1. The molecule has 10 heteroatoms. The average molecular weight is 508 g/mol.